The molecule has 2 aromatic heterocycles. The van der Waals surface area contributed by atoms with E-state index >= 15 is 0 Å². The normalized spacial score (nSPS) is 10.8. The third-order valence-electron chi connectivity index (χ3n) is 4.38. The van der Waals surface area contributed by atoms with Gasteiger partial charge in [-0.25, -0.2) is 4.68 Å². The second kappa shape index (κ2) is 9.32. The molecule has 0 atom stereocenters. The molecule has 3 aromatic rings. The van der Waals surface area contributed by atoms with Crippen LogP contribution in [0.25, 0.3) is 11.4 Å². The van der Waals surface area contributed by atoms with Gasteiger partial charge in [-0.15, -0.1) is 0 Å². The number of aromatic amines is 1. The summed E-state index contributed by atoms with van der Waals surface area (Å²) < 4.78 is 9.30. The minimum absolute atomic E-state index is 0.0953. The molecule has 148 valence electrons. The van der Waals surface area contributed by atoms with E-state index in [9.17, 15) is 4.79 Å². The lowest BCUT2D eigenvalue weighted by atomic mass is 10.2. The van der Waals surface area contributed by atoms with Gasteiger partial charge in [-0.2, -0.15) is 10.2 Å². The van der Waals surface area contributed by atoms with Crippen molar-refractivity contribution in [1.29, 1.82) is 0 Å². The highest BCUT2D eigenvalue weighted by atomic mass is 32.1. The van der Waals surface area contributed by atoms with Crippen LogP contribution >= 0.6 is 12.2 Å². The third kappa shape index (κ3) is 4.66. The fourth-order valence-corrected chi connectivity index (χ4v) is 3.05. The van der Waals surface area contributed by atoms with E-state index in [1.807, 2.05) is 33.5 Å². The molecule has 0 saturated carbocycles. The summed E-state index contributed by atoms with van der Waals surface area (Å²) in [6, 6.07) is 9.35. The average Bonchev–Trinajstić information content (AvgIpc) is 3.31. The molecule has 1 amide bonds. The van der Waals surface area contributed by atoms with E-state index in [4.69, 9.17) is 17.0 Å². The number of methoxy groups -OCH3 is 1. The van der Waals surface area contributed by atoms with E-state index in [1.54, 1.807) is 19.4 Å². The summed E-state index contributed by atoms with van der Waals surface area (Å²) in [7, 11) is 1.62. The van der Waals surface area contributed by atoms with Crippen LogP contribution in [0.15, 0.2) is 36.5 Å². The number of amides is 1. The Morgan fingerprint density at radius 3 is 2.75 bits per heavy atom. The molecule has 0 spiro atoms. The zero-order chi connectivity index (χ0) is 19.9. The van der Waals surface area contributed by atoms with E-state index in [0.29, 0.717) is 23.0 Å². The molecule has 0 fully saturated rings. The van der Waals surface area contributed by atoms with Crippen LogP contribution < -0.4 is 10.1 Å². The molecule has 2 N–H and O–H groups in total. The number of benzene rings is 1. The van der Waals surface area contributed by atoms with Gasteiger partial charge < -0.3 is 10.1 Å². The molecular weight excluding hydrogens is 376 g/mol. The van der Waals surface area contributed by atoms with Crippen molar-refractivity contribution in [2.75, 3.05) is 12.4 Å². The topological polar surface area (TPSA) is 89.8 Å². The van der Waals surface area contributed by atoms with Gasteiger partial charge in [-0.05, 0) is 42.9 Å². The van der Waals surface area contributed by atoms with Crippen LogP contribution in [0.4, 0.5) is 5.82 Å². The largest absolute Gasteiger partial charge is 0.497 e. The number of hydrogen-bond acceptors (Lipinski definition) is 5. The fourth-order valence-electron chi connectivity index (χ4n) is 2.83. The summed E-state index contributed by atoms with van der Waals surface area (Å²) in [6.45, 7) is 3.33. The van der Waals surface area contributed by atoms with Crippen LogP contribution in [0.2, 0.25) is 0 Å². The summed E-state index contributed by atoms with van der Waals surface area (Å²) in [5, 5.41) is 14.3. The maximum atomic E-state index is 12.4. The number of aryl methyl sites for hydroxylation is 1. The quantitative estimate of drug-likeness (QED) is 0.535. The number of nitrogens with zero attached hydrogens (tertiary/aromatic N) is 4. The first-order chi connectivity index (χ1) is 13.6. The number of carbonyl (C=O) groups is 1. The Bertz CT molecular complexity index is 973. The van der Waals surface area contributed by atoms with E-state index in [0.717, 1.165) is 30.7 Å². The number of H-pyrrole nitrogens is 1. The standard InChI is InChI=1S/C19H24N6O2S/c1-3-4-12-25-16(9-11-20-25)21-17(26)10-13-24-18(22-23-19(24)28)14-5-7-15(27-2)8-6-14/h5-9,11H,3-4,10,12-13H2,1-2H3,(H,21,26)(H,23,28). The molecule has 8 nitrogen and oxygen atoms in total. The molecule has 3 rings (SSSR count). The predicted octanol–water partition coefficient (Wildman–Crippen LogP) is 3.64. The van der Waals surface area contributed by atoms with Crippen LogP contribution in [0, 0.1) is 4.77 Å². The smallest absolute Gasteiger partial charge is 0.227 e. The van der Waals surface area contributed by atoms with E-state index in [1.165, 1.54) is 0 Å². The Morgan fingerprint density at radius 2 is 2.04 bits per heavy atom. The summed E-state index contributed by atoms with van der Waals surface area (Å²) in [5.41, 5.74) is 0.895. The zero-order valence-corrected chi connectivity index (χ0v) is 16.8. The van der Waals surface area contributed by atoms with Crippen molar-refractivity contribution in [3.8, 4) is 17.1 Å². The van der Waals surface area contributed by atoms with Crippen LogP contribution in [0.1, 0.15) is 26.2 Å². The molecule has 9 heteroatoms. The molecule has 0 aliphatic carbocycles. The number of rotatable bonds is 9. The van der Waals surface area contributed by atoms with Crippen molar-refractivity contribution in [2.24, 2.45) is 0 Å². The minimum atomic E-state index is -0.0953. The molecule has 1 aromatic carbocycles. The predicted molar refractivity (Wildman–Crippen MR) is 110 cm³/mol. The van der Waals surface area contributed by atoms with Crippen molar-refractivity contribution >= 4 is 23.9 Å². The van der Waals surface area contributed by atoms with E-state index in [2.05, 4.69) is 27.5 Å². The first-order valence-electron chi connectivity index (χ1n) is 9.23. The van der Waals surface area contributed by atoms with Gasteiger partial charge >= 0.3 is 0 Å². The van der Waals surface area contributed by atoms with Crippen LogP contribution in [0.5, 0.6) is 5.75 Å². The summed E-state index contributed by atoms with van der Waals surface area (Å²) in [6.07, 6.45) is 4.05. The van der Waals surface area contributed by atoms with Gasteiger partial charge in [0.15, 0.2) is 10.6 Å². The number of ether oxygens (including phenoxy) is 1. The molecular formula is C19H24N6O2S. The molecule has 0 unspecified atom stereocenters. The maximum absolute atomic E-state index is 12.4. The lowest BCUT2D eigenvalue weighted by Gasteiger charge is -2.10. The molecule has 28 heavy (non-hydrogen) atoms. The molecule has 0 bridgehead atoms. The number of nitrogens with one attached hydrogen (secondary N) is 2. The van der Waals surface area contributed by atoms with Gasteiger partial charge in [0.25, 0.3) is 0 Å². The highest BCUT2D eigenvalue weighted by molar-refractivity contribution is 7.71. The van der Waals surface area contributed by atoms with E-state index in [-0.39, 0.29) is 12.3 Å². The van der Waals surface area contributed by atoms with Crippen LogP contribution in [-0.4, -0.2) is 37.6 Å². The van der Waals surface area contributed by atoms with Gasteiger partial charge in [0, 0.05) is 31.1 Å². The minimum Gasteiger partial charge on any atom is -0.497 e. The van der Waals surface area contributed by atoms with Crippen molar-refractivity contribution in [3.05, 3.63) is 41.3 Å². The molecule has 0 aliphatic heterocycles. The zero-order valence-electron chi connectivity index (χ0n) is 16.0. The van der Waals surface area contributed by atoms with Gasteiger partial charge in [0.2, 0.25) is 5.91 Å². The fraction of sp³-hybridized carbons (Fsp3) is 0.368. The number of aromatic nitrogens is 5. The van der Waals surface area contributed by atoms with Gasteiger partial charge in [0.1, 0.15) is 11.6 Å². The van der Waals surface area contributed by atoms with E-state index < -0.39 is 0 Å². The lowest BCUT2D eigenvalue weighted by Crippen LogP contribution is -2.18. The highest BCUT2D eigenvalue weighted by Crippen LogP contribution is 2.21. The molecule has 2 heterocycles. The van der Waals surface area contributed by atoms with Crippen LogP contribution in [-0.2, 0) is 17.9 Å². The lowest BCUT2D eigenvalue weighted by molar-refractivity contribution is -0.116. The monoisotopic (exact) mass is 400 g/mol. The summed E-state index contributed by atoms with van der Waals surface area (Å²) in [5.74, 6) is 2.07. The first-order valence-corrected chi connectivity index (χ1v) is 9.64. The summed E-state index contributed by atoms with van der Waals surface area (Å²) in [4.78, 5) is 12.4. The number of unbranched alkanes of at least 4 members (excludes halogenated alkanes) is 1. The Balaban J connectivity index is 1.66. The maximum Gasteiger partial charge on any atom is 0.227 e. The molecule has 0 radical (unpaired) electrons. The highest BCUT2D eigenvalue weighted by Gasteiger charge is 2.12. The Hall–Kier alpha value is -2.94. The number of anilines is 1. The Kier molecular flexibility index (Phi) is 6.59. The van der Waals surface area contributed by atoms with Crippen LogP contribution in [0.3, 0.4) is 0 Å². The summed E-state index contributed by atoms with van der Waals surface area (Å²) >= 11 is 5.33. The average molecular weight is 401 g/mol. The number of hydrogen-bond donors (Lipinski definition) is 2. The van der Waals surface area contributed by atoms with Crippen molar-refractivity contribution in [1.82, 2.24) is 24.5 Å². The second-order valence-corrected chi connectivity index (χ2v) is 6.71. The van der Waals surface area contributed by atoms with Crippen molar-refractivity contribution < 1.29 is 9.53 Å². The van der Waals surface area contributed by atoms with Crippen molar-refractivity contribution in [2.45, 2.75) is 39.3 Å². The number of carbonyl (C=O) groups excluding carboxylic acids is 1. The van der Waals surface area contributed by atoms with Gasteiger partial charge in [-0.3, -0.25) is 14.5 Å². The molecule has 0 saturated heterocycles. The SMILES string of the molecule is CCCCn1nccc1NC(=O)CCn1c(-c2ccc(OC)cc2)n[nH]c1=S. The third-order valence-corrected chi connectivity index (χ3v) is 4.69. The Morgan fingerprint density at radius 1 is 1.25 bits per heavy atom. The Labute approximate surface area is 168 Å². The van der Waals surface area contributed by atoms with Crippen molar-refractivity contribution in [3.63, 3.8) is 0 Å². The molecule has 0 aliphatic rings. The van der Waals surface area contributed by atoms with Gasteiger partial charge in [0.05, 0.1) is 13.3 Å². The van der Waals surface area contributed by atoms with Gasteiger partial charge in [-0.1, -0.05) is 13.3 Å². The second-order valence-electron chi connectivity index (χ2n) is 6.32. The first kappa shape index (κ1) is 19.8.